The molecule has 0 bridgehead atoms. The van der Waals surface area contributed by atoms with Crippen molar-refractivity contribution in [2.45, 2.75) is 0 Å². The minimum Gasteiger partial charge on any atom is -0.431 e. The van der Waals surface area contributed by atoms with E-state index in [0.717, 1.165) is 0 Å². The summed E-state index contributed by atoms with van der Waals surface area (Å²) in [5.74, 6) is -0.617. The number of esters is 1. The summed E-state index contributed by atoms with van der Waals surface area (Å²) >= 11 is 5.40. The van der Waals surface area contributed by atoms with Crippen LogP contribution in [0.25, 0.3) is 0 Å². The third-order valence-electron chi connectivity index (χ3n) is 0.964. The fourth-order valence-corrected chi connectivity index (χ4v) is 0.416. The quantitative estimate of drug-likeness (QED) is 0.291. The molecule has 3 heteroatoms. The first kappa shape index (κ1) is 10.7. The number of hydrogen-bond acceptors (Lipinski definition) is 2. The molecule has 0 aliphatic carbocycles. The lowest BCUT2D eigenvalue weighted by Gasteiger charge is -1.98. The third kappa shape index (κ3) is 3.78. The first-order valence-electron chi connectivity index (χ1n) is 3.11. The maximum atomic E-state index is 10.9. The molecule has 0 saturated heterocycles. The van der Waals surface area contributed by atoms with Crippen LogP contribution in [0, 0.1) is 0 Å². The van der Waals surface area contributed by atoms with Crippen molar-refractivity contribution >= 4 is 17.6 Å². The van der Waals surface area contributed by atoms with Gasteiger partial charge in [0.1, 0.15) is 0 Å². The van der Waals surface area contributed by atoms with E-state index in [1.165, 1.54) is 18.4 Å². The third-order valence-corrected chi connectivity index (χ3v) is 1.19. The van der Waals surface area contributed by atoms with Crippen LogP contribution in [-0.2, 0) is 9.53 Å². The van der Waals surface area contributed by atoms with E-state index in [4.69, 9.17) is 11.6 Å². The molecule has 0 aliphatic heterocycles. The van der Waals surface area contributed by atoms with Gasteiger partial charge in [0, 0.05) is 5.03 Å². The molecule has 0 aromatic heterocycles. The molecule has 0 unspecified atom stereocenters. The van der Waals surface area contributed by atoms with E-state index in [1.54, 1.807) is 0 Å². The number of carbonyl (C=O) groups is 1. The molecule has 0 N–H and O–H groups in total. The van der Waals surface area contributed by atoms with Gasteiger partial charge in [0.05, 0.1) is 11.8 Å². The molecule has 0 radical (unpaired) electrons. The van der Waals surface area contributed by atoms with Gasteiger partial charge in [-0.2, -0.15) is 0 Å². The van der Waals surface area contributed by atoms with Crippen LogP contribution in [-0.4, -0.2) is 5.97 Å². The molecule has 0 saturated carbocycles. The van der Waals surface area contributed by atoms with Crippen molar-refractivity contribution in [3.63, 3.8) is 0 Å². The second-order valence-electron chi connectivity index (χ2n) is 1.85. The highest BCUT2D eigenvalue weighted by Gasteiger charge is 2.08. The van der Waals surface area contributed by atoms with Gasteiger partial charge in [0.2, 0.25) is 0 Å². The van der Waals surface area contributed by atoms with Gasteiger partial charge in [-0.15, -0.1) is 0 Å². The van der Waals surface area contributed by atoms with Gasteiger partial charge in [0.15, 0.2) is 0 Å². The molecular weight excluding hydrogens is 176 g/mol. The minimum absolute atomic E-state index is 0.0466. The van der Waals surface area contributed by atoms with Gasteiger partial charge in [-0.1, -0.05) is 37.4 Å². The highest BCUT2D eigenvalue weighted by Crippen LogP contribution is 2.10. The normalized spacial score (nSPS) is 9.42. The molecule has 0 aliphatic rings. The van der Waals surface area contributed by atoms with E-state index in [0.29, 0.717) is 0 Å². The average Bonchev–Trinajstić information content (AvgIpc) is 2.03. The van der Waals surface area contributed by atoms with Gasteiger partial charge >= 0.3 is 5.97 Å². The Bertz CT molecular complexity index is 251. The topological polar surface area (TPSA) is 26.3 Å². The van der Waals surface area contributed by atoms with Crippen LogP contribution in [0.5, 0.6) is 0 Å². The van der Waals surface area contributed by atoms with Gasteiger partial charge in [-0.3, -0.25) is 0 Å². The summed E-state index contributed by atoms with van der Waals surface area (Å²) in [6, 6.07) is 0. The van der Waals surface area contributed by atoms with E-state index in [2.05, 4.69) is 24.5 Å². The van der Waals surface area contributed by atoms with Crippen molar-refractivity contribution in [3.05, 3.63) is 48.8 Å². The Kier molecular flexibility index (Phi) is 4.81. The lowest BCUT2D eigenvalue weighted by Crippen LogP contribution is -2.02. The van der Waals surface area contributed by atoms with E-state index in [-0.39, 0.29) is 10.6 Å². The summed E-state index contributed by atoms with van der Waals surface area (Å²) in [6.07, 6.45) is 4.15. The Morgan fingerprint density at radius 2 is 2.00 bits per heavy atom. The number of rotatable bonds is 4. The van der Waals surface area contributed by atoms with E-state index in [9.17, 15) is 4.79 Å². The Labute approximate surface area is 76.5 Å². The molecule has 2 nitrogen and oxygen atoms in total. The number of ether oxygens (including phenoxy) is 1. The van der Waals surface area contributed by atoms with Crippen molar-refractivity contribution in [3.8, 4) is 0 Å². The number of halogens is 1. The van der Waals surface area contributed by atoms with Crippen LogP contribution in [0.15, 0.2) is 48.8 Å². The van der Waals surface area contributed by atoms with Gasteiger partial charge in [-0.25, -0.2) is 4.79 Å². The fraction of sp³-hybridized carbons (Fsp3) is 0. The molecule has 0 amide bonds. The maximum absolute atomic E-state index is 10.9. The second-order valence-corrected chi connectivity index (χ2v) is 2.31. The predicted octanol–water partition coefficient (Wildman–Crippen LogP) is 2.54. The van der Waals surface area contributed by atoms with E-state index in [1.807, 2.05) is 0 Å². The molecule has 0 rings (SSSR count). The van der Waals surface area contributed by atoms with Crippen LogP contribution in [0.3, 0.4) is 0 Å². The van der Waals surface area contributed by atoms with Crippen LogP contribution in [0.4, 0.5) is 0 Å². The summed E-state index contributed by atoms with van der Waals surface area (Å²) in [6.45, 7) is 10.1. The lowest BCUT2D eigenvalue weighted by molar-refractivity contribution is -0.133. The van der Waals surface area contributed by atoms with Crippen LogP contribution in [0.1, 0.15) is 0 Å². The molecule has 0 fully saturated rings. The molecule has 0 aromatic rings. The molecule has 0 heterocycles. The Balaban J connectivity index is 4.05. The largest absolute Gasteiger partial charge is 0.431 e. The summed E-state index contributed by atoms with van der Waals surface area (Å²) in [5.41, 5.74) is 0.0466. The zero-order chi connectivity index (χ0) is 9.56. The Morgan fingerprint density at radius 3 is 2.42 bits per heavy atom. The molecule has 0 aromatic carbocycles. The van der Waals surface area contributed by atoms with Gasteiger partial charge in [-0.05, 0) is 6.08 Å². The van der Waals surface area contributed by atoms with E-state index >= 15 is 0 Å². The average molecular weight is 185 g/mol. The second kappa shape index (κ2) is 5.38. The van der Waals surface area contributed by atoms with Gasteiger partial charge in [0.25, 0.3) is 0 Å². The predicted molar refractivity (Wildman–Crippen MR) is 49.6 cm³/mol. The molecule has 12 heavy (non-hydrogen) atoms. The Hall–Kier alpha value is -1.28. The van der Waals surface area contributed by atoms with Crippen LogP contribution < -0.4 is 0 Å². The van der Waals surface area contributed by atoms with Gasteiger partial charge < -0.3 is 4.74 Å². The Morgan fingerprint density at radius 1 is 1.42 bits per heavy atom. The standard InChI is InChI=1S/C9H9ClO2/c1-4-5-6-12-9(11)7(2)8(3)10/h4-6H,1-3H2. The summed E-state index contributed by atoms with van der Waals surface area (Å²) in [7, 11) is 0. The number of hydrogen-bond donors (Lipinski definition) is 0. The molecular formula is C9H9ClO2. The summed E-state index contributed by atoms with van der Waals surface area (Å²) in [4.78, 5) is 10.9. The highest BCUT2D eigenvalue weighted by atomic mass is 35.5. The van der Waals surface area contributed by atoms with Crippen molar-refractivity contribution in [2.75, 3.05) is 0 Å². The van der Waals surface area contributed by atoms with Crippen molar-refractivity contribution < 1.29 is 9.53 Å². The van der Waals surface area contributed by atoms with Crippen LogP contribution >= 0.6 is 11.6 Å². The molecule has 0 spiro atoms. The number of carbonyl (C=O) groups excluding carboxylic acids is 1. The fourth-order valence-electron chi connectivity index (χ4n) is 0.339. The maximum Gasteiger partial charge on any atom is 0.343 e. The van der Waals surface area contributed by atoms with Crippen molar-refractivity contribution in [2.24, 2.45) is 0 Å². The summed E-state index contributed by atoms with van der Waals surface area (Å²) < 4.78 is 4.57. The van der Waals surface area contributed by atoms with Crippen LogP contribution in [0.2, 0.25) is 0 Å². The first-order chi connectivity index (χ1) is 5.59. The smallest absolute Gasteiger partial charge is 0.343 e. The molecule has 0 atom stereocenters. The zero-order valence-corrected chi connectivity index (χ0v) is 7.30. The lowest BCUT2D eigenvalue weighted by atomic mass is 10.3. The van der Waals surface area contributed by atoms with Crippen molar-refractivity contribution in [1.82, 2.24) is 0 Å². The minimum atomic E-state index is -0.617. The number of allylic oxidation sites excluding steroid dienone is 2. The summed E-state index contributed by atoms with van der Waals surface area (Å²) in [5, 5.41) is 0.0759. The first-order valence-corrected chi connectivity index (χ1v) is 3.49. The van der Waals surface area contributed by atoms with Crippen molar-refractivity contribution in [1.29, 1.82) is 0 Å². The highest BCUT2D eigenvalue weighted by molar-refractivity contribution is 6.34. The zero-order valence-electron chi connectivity index (χ0n) is 6.55. The SMILES string of the molecule is C=CC=COC(=O)C(=C)C(=C)Cl. The monoisotopic (exact) mass is 184 g/mol. The molecule has 64 valence electrons. The van der Waals surface area contributed by atoms with E-state index < -0.39 is 5.97 Å².